The minimum absolute atomic E-state index is 0. The van der Waals surface area contributed by atoms with Gasteiger partial charge in [0.05, 0.1) is 28.3 Å². The summed E-state index contributed by atoms with van der Waals surface area (Å²) in [4.78, 5) is 68.8. The third-order valence-electron chi connectivity index (χ3n) is 12.3. The summed E-state index contributed by atoms with van der Waals surface area (Å²) in [6.07, 6.45) is 14.6. The number of aromatic amines is 2. The number of amides is 2. The van der Waals surface area contributed by atoms with E-state index in [1.54, 1.807) is 64.9 Å². The van der Waals surface area contributed by atoms with E-state index in [-0.39, 0.29) is 40.0 Å². The quantitative estimate of drug-likeness (QED) is 0.174. The van der Waals surface area contributed by atoms with Crippen molar-refractivity contribution in [3.8, 4) is 11.5 Å². The smallest absolute Gasteiger partial charge is 0.409 e. The number of fused-ring (bicyclic) bond motifs is 4. The number of hydrogen-bond donors (Lipinski definition) is 2. The normalized spacial score (nSPS) is 15.3. The van der Waals surface area contributed by atoms with Gasteiger partial charge in [-0.25, -0.2) is 9.59 Å². The molecule has 10 rings (SSSR count). The molecule has 2 amide bonds. The fourth-order valence-corrected chi connectivity index (χ4v) is 9.85. The minimum Gasteiger partial charge on any atom is -0.409 e. The third-order valence-corrected chi connectivity index (χ3v) is 13.4. The number of nitrogens with one attached hydrogen (secondary N) is 2. The van der Waals surface area contributed by atoms with Gasteiger partial charge in [-0.2, -0.15) is 0 Å². The number of benzene rings is 2. The first-order valence-corrected chi connectivity index (χ1v) is 23.0. The van der Waals surface area contributed by atoms with Gasteiger partial charge in [0.1, 0.15) is 0 Å². The highest BCUT2D eigenvalue weighted by molar-refractivity contribution is 9.10. The number of H-pyrrole nitrogens is 2. The van der Waals surface area contributed by atoms with Crippen LogP contribution in [0, 0.1) is 0 Å². The van der Waals surface area contributed by atoms with Gasteiger partial charge in [0, 0.05) is 89.4 Å². The van der Waals surface area contributed by atoms with Crippen molar-refractivity contribution >= 4 is 79.4 Å². The van der Waals surface area contributed by atoms with Crippen LogP contribution in [0.1, 0.15) is 70.5 Å². The summed E-state index contributed by atoms with van der Waals surface area (Å²) in [5.74, 6) is 0.862. The van der Waals surface area contributed by atoms with Crippen LogP contribution < -0.4 is 20.3 Å². The Balaban J connectivity index is 0.000000177. The van der Waals surface area contributed by atoms with Crippen molar-refractivity contribution in [2.24, 2.45) is 0 Å². The molecule has 2 aliphatic carbocycles. The molecule has 0 unspecified atom stereocenters. The minimum atomic E-state index is -0.377. The Labute approximate surface area is 409 Å². The van der Waals surface area contributed by atoms with Crippen LogP contribution >= 0.6 is 56.1 Å². The van der Waals surface area contributed by atoms with Gasteiger partial charge in [-0.3, -0.25) is 19.6 Å². The highest BCUT2D eigenvalue weighted by Gasteiger charge is 2.30. The van der Waals surface area contributed by atoms with Gasteiger partial charge >= 0.3 is 12.2 Å². The highest BCUT2D eigenvalue weighted by atomic mass is 79.9. The molecular formula is C50H44Br2Cl2N6O6. The van der Waals surface area contributed by atoms with Gasteiger partial charge in [-0.15, -0.1) is 17.0 Å². The maximum Gasteiger partial charge on any atom is 0.415 e. The number of hydrogen-bond acceptors (Lipinski definition) is 8. The lowest BCUT2D eigenvalue weighted by molar-refractivity contribution is 0.147. The van der Waals surface area contributed by atoms with Crippen molar-refractivity contribution in [2.45, 2.75) is 51.4 Å². The first kappa shape index (κ1) is 46.7. The average Bonchev–Trinajstić information content (AvgIpc) is 3.59. The van der Waals surface area contributed by atoms with Gasteiger partial charge < -0.3 is 29.2 Å². The molecule has 6 aromatic rings. The van der Waals surface area contributed by atoms with E-state index in [1.807, 2.05) is 36.4 Å². The number of aryl methyl sites for hydroxylation is 2. The number of carbonyl (C=O) groups excluding carboxylic acids is 2. The molecule has 4 aliphatic rings. The van der Waals surface area contributed by atoms with E-state index in [0.29, 0.717) is 90.7 Å². The molecular weight excluding hydrogens is 1010 g/mol. The van der Waals surface area contributed by atoms with Crippen LogP contribution in [0.15, 0.2) is 129 Å². The number of likely N-dealkylation sites (tertiary alicyclic amines) is 2. The lowest BCUT2D eigenvalue weighted by Gasteiger charge is -2.29. The second-order valence-electron chi connectivity index (χ2n) is 16.2. The van der Waals surface area contributed by atoms with Crippen molar-refractivity contribution in [1.29, 1.82) is 0 Å². The molecule has 2 aromatic carbocycles. The van der Waals surface area contributed by atoms with Crippen LogP contribution in [0.4, 0.5) is 9.59 Å². The Hall–Kier alpha value is -5.80. The first-order chi connectivity index (χ1) is 31.6. The molecule has 0 saturated carbocycles. The van der Waals surface area contributed by atoms with Gasteiger partial charge in [0.25, 0.3) is 0 Å². The molecule has 0 spiro atoms. The molecule has 12 nitrogen and oxygen atoms in total. The average molecular weight is 1060 g/mol. The van der Waals surface area contributed by atoms with Crippen LogP contribution in [0.2, 0.25) is 10.0 Å². The first-order valence-electron chi connectivity index (χ1n) is 21.5. The van der Waals surface area contributed by atoms with Crippen molar-refractivity contribution in [3.63, 3.8) is 0 Å². The number of piperidine rings is 2. The summed E-state index contributed by atoms with van der Waals surface area (Å²) in [5, 5.41) is 1.38. The maximum atomic E-state index is 12.9. The van der Waals surface area contributed by atoms with E-state index in [4.69, 9.17) is 32.7 Å². The number of nitrogens with zero attached hydrogens (tertiary/aromatic N) is 4. The number of carbonyl (C=O) groups is 2. The molecule has 16 heteroatoms. The molecule has 0 bridgehead atoms. The Morgan fingerprint density at radius 2 is 1.11 bits per heavy atom. The Kier molecular flexibility index (Phi) is 14.7. The van der Waals surface area contributed by atoms with Crippen LogP contribution in [0.25, 0.3) is 11.1 Å². The van der Waals surface area contributed by atoms with E-state index >= 15 is 0 Å². The predicted octanol–water partition coefficient (Wildman–Crippen LogP) is 10.6. The lowest BCUT2D eigenvalue weighted by atomic mass is 9.88. The molecule has 338 valence electrons. The third kappa shape index (κ3) is 10.1. The molecule has 6 heterocycles. The Morgan fingerprint density at radius 3 is 1.59 bits per heavy atom. The fourth-order valence-electron chi connectivity index (χ4n) is 9.10. The molecule has 2 N–H and O–H groups in total. The van der Waals surface area contributed by atoms with Gasteiger partial charge in [0.15, 0.2) is 22.4 Å². The standard InChI is InChI=1S/C25H21BrClN3O3.C25H22ClN3O3.BrH/c26-21-14-29-23-20(24(21)31)5-3-16-12-17(27)4-6-19(16)22(23)15-7-10-30(11-8-15)25(32)33-18-2-1-9-28-13-18;26-18-4-6-20-17(14-18)3-5-21-22(30)7-11-28-24(21)23(20)16-8-12-29(13-9-16)25(31)32-19-2-1-10-27-15-19;/h1-2,4,6,9,12-14H,3,5,7-8,10-11H2,(H,29,31);1-2,4,6-7,10-11,14-15H,3,5,8-9,12-13H2,(H,28,30);1H. The molecule has 4 aromatic heterocycles. The van der Waals surface area contributed by atoms with Crippen molar-refractivity contribution in [2.75, 3.05) is 26.2 Å². The SMILES string of the molecule is Br.O=C(Oc1cccnc1)N1CCC(=C2c3ccc(Cl)cc3CCc3c2[nH]cc(Br)c3=O)CC1.O=C(Oc1cccnc1)N1CCC(=C2c3ccc(Cl)cc3CCc3c2[nH]ccc3=O)CC1. The second-order valence-corrected chi connectivity index (χ2v) is 17.9. The Morgan fingerprint density at radius 1 is 0.621 bits per heavy atom. The predicted molar refractivity (Wildman–Crippen MR) is 264 cm³/mol. The van der Waals surface area contributed by atoms with E-state index in [0.717, 1.165) is 68.8 Å². The van der Waals surface area contributed by atoms with E-state index in [1.165, 1.54) is 23.5 Å². The molecule has 66 heavy (non-hydrogen) atoms. The largest absolute Gasteiger partial charge is 0.415 e. The van der Waals surface area contributed by atoms with Crippen LogP contribution in [-0.4, -0.2) is 68.1 Å². The molecule has 0 atom stereocenters. The summed E-state index contributed by atoms with van der Waals surface area (Å²) >= 11 is 15.9. The van der Waals surface area contributed by atoms with E-state index in [9.17, 15) is 19.2 Å². The zero-order valence-corrected chi connectivity index (χ0v) is 40.4. The summed E-state index contributed by atoms with van der Waals surface area (Å²) < 4.78 is 11.4. The zero-order chi connectivity index (χ0) is 45.0. The van der Waals surface area contributed by atoms with Gasteiger partial charge in [-0.1, -0.05) is 46.5 Å². The summed E-state index contributed by atoms with van der Waals surface area (Å²) in [6.45, 7) is 2.17. The molecule has 0 radical (unpaired) electrons. The summed E-state index contributed by atoms with van der Waals surface area (Å²) in [7, 11) is 0. The van der Waals surface area contributed by atoms with Gasteiger partial charge in [0.2, 0.25) is 0 Å². The van der Waals surface area contributed by atoms with Crippen molar-refractivity contribution in [1.82, 2.24) is 29.7 Å². The molecule has 2 fully saturated rings. The van der Waals surface area contributed by atoms with Gasteiger partial charge in [-0.05, 0) is 138 Å². The topological polar surface area (TPSA) is 151 Å². The summed E-state index contributed by atoms with van der Waals surface area (Å²) in [5.41, 5.74) is 12.4. The van der Waals surface area contributed by atoms with Crippen molar-refractivity contribution < 1.29 is 19.1 Å². The van der Waals surface area contributed by atoms with Crippen molar-refractivity contribution in [3.05, 3.63) is 195 Å². The number of ether oxygens (including phenoxy) is 2. The van der Waals surface area contributed by atoms with Crippen LogP contribution in [0.3, 0.4) is 0 Å². The fraction of sp³-hybridized carbons (Fsp3) is 0.240. The second kappa shape index (κ2) is 20.8. The summed E-state index contributed by atoms with van der Waals surface area (Å²) in [6, 6.07) is 20.3. The maximum absolute atomic E-state index is 12.9. The molecule has 2 aliphatic heterocycles. The monoisotopic (exact) mass is 1050 g/mol. The number of halogens is 4. The number of aromatic nitrogens is 4. The number of rotatable bonds is 2. The highest BCUT2D eigenvalue weighted by Crippen LogP contribution is 2.40. The zero-order valence-electron chi connectivity index (χ0n) is 35.6. The van der Waals surface area contributed by atoms with E-state index in [2.05, 4.69) is 35.9 Å². The van der Waals surface area contributed by atoms with Crippen LogP contribution in [0.5, 0.6) is 11.5 Å². The van der Waals surface area contributed by atoms with E-state index < -0.39 is 0 Å². The number of pyridine rings is 4. The van der Waals surface area contributed by atoms with Crippen LogP contribution in [-0.2, 0) is 25.7 Å². The lowest BCUT2D eigenvalue weighted by Crippen LogP contribution is -2.38. The molecule has 2 saturated heterocycles. The Bertz CT molecular complexity index is 2980.